The number of aliphatic hydroxyl groups excluding tert-OH is 1. The molecule has 1 N–H and O–H groups in total. The maximum Gasteiger partial charge on any atom is 0.310 e. The van der Waals surface area contributed by atoms with Crippen LogP contribution < -0.4 is 0 Å². The maximum absolute atomic E-state index is 13.8. The third-order valence-electron chi connectivity index (χ3n) is 4.41. The van der Waals surface area contributed by atoms with Crippen molar-refractivity contribution in [2.75, 3.05) is 0 Å². The molecule has 24 heavy (non-hydrogen) atoms. The average molecular weight is 350 g/mol. The minimum atomic E-state index is -1.74. The second-order valence-corrected chi connectivity index (χ2v) is 6.12. The lowest BCUT2D eigenvalue weighted by atomic mass is 10.1. The summed E-state index contributed by atoms with van der Waals surface area (Å²) in [4.78, 5) is 11.9. The molecule has 1 fully saturated rings. The van der Waals surface area contributed by atoms with Crippen molar-refractivity contribution in [1.29, 1.82) is 0 Å². The predicted octanol–water partition coefficient (Wildman–Crippen LogP) is 3.53. The Balaban J connectivity index is 2.18. The lowest BCUT2D eigenvalue weighted by Gasteiger charge is -2.11. The van der Waals surface area contributed by atoms with E-state index in [0.29, 0.717) is 0 Å². The number of hydrogen-bond acceptors (Lipinski definition) is 3. The van der Waals surface area contributed by atoms with Crippen LogP contribution in [-0.4, -0.2) is 11.1 Å². The lowest BCUT2D eigenvalue weighted by molar-refractivity contribution is -0.147. The third kappa shape index (κ3) is 2.90. The van der Waals surface area contributed by atoms with Gasteiger partial charge in [0.25, 0.3) is 0 Å². The summed E-state index contributed by atoms with van der Waals surface area (Å²) in [7, 11) is 0. The number of ether oxygens (including phenoxy) is 1. The van der Waals surface area contributed by atoms with Crippen LogP contribution in [0.15, 0.2) is 12.4 Å². The number of halogens is 5. The van der Waals surface area contributed by atoms with Crippen molar-refractivity contribution in [1.82, 2.24) is 0 Å². The van der Waals surface area contributed by atoms with Gasteiger partial charge in [-0.05, 0) is 11.3 Å². The fraction of sp³-hybridized carbons (Fsp3) is 0.438. The zero-order valence-corrected chi connectivity index (χ0v) is 12.9. The Morgan fingerprint density at radius 3 is 2.08 bits per heavy atom. The molecule has 3 nitrogen and oxygen atoms in total. The van der Waals surface area contributed by atoms with Gasteiger partial charge < -0.3 is 9.84 Å². The van der Waals surface area contributed by atoms with Crippen molar-refractivity contribution >= 4 is 5.97 Å². The van der Waals surface area contributed by atoms with Crippen LogP contribution in [0.3, 0.4) is 0 Å². The van der Waals surface area contributed by atoms with Crippen molar-refractivity contribution in [3.05, 3.63) is 46.8 Å². The van der Waals surface area contributed by atoms with E-state index in [0.717, 1.165) is 0 Å². The van der Waals surface area contributed by atoms with Gasteiger partial charge in [-0.1, -0.05) is 19.9 Å². The monoisotopic (exact) mass is 350 g/mol. The highest BCUT2D eigenvalue weighted by atomic mass is 19.2. The van der Waals surface area contributed by atoms with Gasteiger partial charge in [0.05, 0.1) is 30.0 Å². The molecule has 8 heteroatoms. The van der Waals surface area contributed by atoms with Crippen molar-refractivity contribution in [2.45, 2.75) is 27.1 Å². The minimum Gasteiger partial charge on any atom is -0.460 e. The fourth-order valence-corrected chi connectivity index (χ4v) is 2.79. The topological polar surface area (TPSA) is 46.5 Å². The van der Waals surface area contributed by atoms with Crippen LogP contribution in [0, 0.1) is 40.5 Å². The van der Waals surface area contributed by atoms with Crippen molar-refractivity contribution in [3.63, 3.8) is 0 Å². The normalized spacial score (nSPS) is 22.0. The van der Waals surface area contributed by atoms with Gasteiger partial charge >= 0.3 is 5.97 Å². The van der Waals surface area contributed by atoms with Crippen LogP contribution in [-0.2, 0) is 22.7 Å². The molecule has 0 heterocycles. The molecular weight excluding hydrogens is 335 g/mol. The summed E-state index contributed by atoms with van der Waals surface area (Å²) in [5.74, 6) is -8.96. The molecule has 2 rings (SSSR count). The van der Waals surface area contributed by atoms with Gasteiger partial charge in [0.15, 0.2) is 23.3 Å². The van der Waals surface area contributed by atoms with Gasteiger partial charge in [0.1, 0.15) is 6.61 Å². The number of esters is 1. The van der Waals surface area contributed by atoms with E-state index in [1.54, 1.807) is 13.8 Å². The first kappa shape index (κ1) is 18.4. The molecule has 0 amide bonds. The van der Waals surface area contributed by atoms with Crippen LogP contribution in [0.2, 0.25) is 0 Å². The quantitative estimate of drug-likeness (QED) is 0.502. The summed E-state index contributed by atoms with van der Waals surface area (Å²) in [6, 6.07) is 0. The van der Waals surface area contributed by atoms with Gasteiger partial charge in [-0.2, -0.15) is 0 Å². The number of aliphatic hydroxyl groups is 1. The molecule has 1 saturated carbocycles. The molecule has 0 aromatic heterocycles. The molecule has 1 aromatic rings. The largest absolute Gasteiger partial charge is 0.460 e. The molecule has 132 valence electrons. The average Bonchev–Trinajstić information content (AvgIpc) is 3.07. The highest BCUT2D eigenvalue weighted by molar-refractivity contribution is 5.78. The van der Waals surface area contributed by atoms with Gasteiger partial charge in [0.2, 0.25) is 0 Å². The van der Waals surface area contributed by atoms with E-state index >= 15 is 0 Å². The third-order valence-corrected chi connectivity index (χ3v) is 4.41. The number of benzene rings is 1. The number of allylic oxidation sites excluding steroid dienone is 1. The highest BCUT2D eigenvalue weighted by Gasteiger charge is 2.61. The van der Waals surface area contributed by atoms with Gasteiger partial charge in [0, 0.05) is 0 Å². The van der Waals surface area contributed by atoms with Crippen LogP contribution in [0.1, 0.15) is 25.0 Å². The SMILES string of the molecule is CC1(C)[C@H](/C=C/F)[C@@H]1C(=O)OCc1c(F)c(F)c(CO)c(F)c1F. The molecule has 0 radical (unpaired) electrons. The second kappa shape index (κ2) is 6.51. The first-order valence-electron chi connectivity index (χ1n) is 7.06. The summed E-state index contributed by atoms with van der Waals surface area (Å²) < 4.78 is 71.6. The maximum atomic E-state index is 13.8. The van der Waals surface area contributed by atoms with Crippen molar-refractivity contribution in [3.8, 4) is 0 Å². The molecule has 0 bridgehead atoms. The Morgan fingerprint density at radius 2 is 1.62 bits per heavy atom. The molecule has 2 atom stereocenters. The molecule has 1 aliphatic carbocycles. The van der Waals surface area contributed by atoms with Gasteiger partial charge in [-0.25, -0.2) is 22.0 Å². The first-order chi connectivity index (χ1) is 11.2. The Morgan fingerprint density at radius 1 is 1.12 bits per heavy atom. The summed E-state index contributed by atoms with van der Waals surface area (Å²) in [5, 5.41) is 8.74. The lowest BCUT2D eigenvalue weighted by Crippen LogP contribution is -2.14. The Kier molecular flexibility index (Phi) is 4.98. The van der Waals surface area contributed by atoms with E-state index in [-0.39, 0.29) is 6.33 Å². The van der Waals surface area contributed by atoms with Crippen LogP contribution in [0.5, 0.6) is 0 Å². The number of hydrogen-bond donors (Lipinski definition) is 1. The van der Waals surface area contributed by atoms with Crippen LogP contribution in [0.25, 0.3) is 0 Å². The van der Waals surface area contributed by atoms with E-state index in [9.17, 15) is 26.7 Å². The molecule has 1 aliphatic rings. The molecule has 1 aromatic carbocycles. The second-order valence-electron chi connectivity index (χ2n) is 6.12. The van der Waals surface area contributed by atoms with Gasteiger partial charge in [-0.3, -0.25) is 4.79 Å². The van der Waals surface area contributed by atoms with E-state index in [2.05, 4.69) is 0 Å². The van der Waals surface area contributed by atoms with Crippen molar-refractivity contribution < 1.29 is 36.6 Å². The molecule has 0 saturated heterocycles. The molecule has 0 spiro atoms. The summed E-state index contributed by atoms with van der Waals surface area (Å²) in [6.45, 7) is 1.12. The molecule has 0 unspecified atom stereocenters. The van der Waals surface area contributed by atoms with E-state index in [1.165, 1.54) is 6.08 Å². The Bertz CT molecular complexity index is 670. The Labute approximate surface area is 134 Å². The fourth-order valence-electron chi connectivity index (χ4n) is 2.79. The summed E-state index contributed by atoms with van der Waals surface area (Å²) in [6.07, 6.45) is 1.46. The smallest absolute Gasteiger partial charge is 0.310 e. The standard InChI is InChI=1S/C16H15F5O3/c1-16(2)9(3-4-17)10(16)15(23)24-6-8-13(20)11(18)7(5-22)12(19)14(8)21/h3-4,9-10,22H,5-6H2,1-2H3/b4-3+/t9-,10-/m1/s1. The van der Waals surface area contributed by atoms with Crippen molar-refractivity contribution in [2.24, 2.45) is 17.3 Å². The van der Waals surface area contributed by atoms with E-state index < -0.39 is 70.8 Å². The minimum absolute atomic E-state index is 0.289. The molecular formula is C16H15F5O3. The predicted molar refractivity (Wildman–Crippen MR) is 73.0 cm³/mol. The summed E-state index contributed by atoms with van der Waals surface area (Å²) in [5.41, 5.74) is -2.82. The highest BCUT2D eigenvalue weighted by Crippen LogP contribution is 2.59. The van der Waals surface area contributed by atoms with Crippen LogP contribution in [0.4, 0.5) is 22.0 Å². The van der Waals surface area contributed by atoms with Crippen LogP contribution >= 0.6 is 0 Å². The molecule has 0 aliphatic heterocycles. The number of carbonyl (C=O) groups is 1. The first-order valence-corrected chi connectivity index (χ1v) is 7.06. The number of carbonyl (C=O) groups excluding carboxylic acids is 1. The summed E-state index contributed by atoms with van der Waals surface area (Å²) >= 11 is 0. The number of rotatable bonds is 5. The van der Waals surface area contributed by atoms with E-state index in [1.807, 2.05) is 0 Å². The van der Waals surface area contributed by atoms with Gasteiger partial charge in [-0.15, -0.1) is 0 Å². The Hall–Kier alpha value is -1.96. The van der Waals surface area contributed by atoms with E-state index in [4.69, 9.17) is 9.84 Å². The zero-order chi connectivity index (χ0) is 18.2. The zero-order valence-electron chi connectivity index (χ0n) is 12.9.